The van der Waals surface area contributed by atoms with Crippen molar-refractivity contribution in [2.75, 3.05) is 19.5 Å². The number of benzene rings is 3. The summed E-state index contributed by atoms with van der Waals surface area (Å²) in [7, 11) is 3.17. The molecule has 3 aromatic carbocycles. The normalized spacial score (nSPS) is 15.9. The number of amides is 3. The topological polar surface area (TPSA) is 122 Å². The number of hydrogen-bond donors (Lipinski definition) is 2. The monoisotopic (exact) mass is 599 g/mol. The Morgan fingerprint density at radius 3 is 2.51 bits per heavy atom. The Balaban J connectivity index is 1.27. The van der Waals surface area contributed by atoms with Gasteiger partial charge in [0.15, 0.2) is 5.17 Å². The molecule has 0 saturated carbocycles. The van der Waals surface area contributed by atoms with Gasteiger partial charge in [-0.2, -0.15) is 0 Å². The van der Waals surface area contributed by atoms with Crippen molar-refractivity contribution in [3.63, 3.8) is 0 Å². The Labute approximate surface area is 254 Å². The molecule has 0 bridgehead atoms. The summed E-state index contributed by atoms with van der Waals surface area (Å²) in [6.07, 6.45) is 0.896. The van der Waals surface area contributed by atoms with Gasteiger partial charge in [0.1, 0.15) is 23.4 Å². The molecule has 0 aromatic heterocycles. The van der Waals surface area contributed by atoms with Crippen LogP contribution in [-0.2, 0) is 20.9 Å². The minimum atomic E-state index is -0.732. The van der Waals surface area contributed by atoms with Gasteiger partial charge in [-0.25, -0.2) is 9.89 Å². The Morgan fingerprint density at radius 1 is 1.00 bits per heavy atom. The van der Waals surface area contributed by atoms with Crippen LogP contribution in [0.5, 0.6) is 11.5 Å². The summed E-state index contributed by atoms with van der Waals surface area (Å²) in [4.78, 5) is 50.6. The van der Waals surface area contributed by atoms with Crippen LogP contribution in [0.2, 0.25) is 0 Å². The minimum absolute atomic E-state index is 0.138. The summed E-state index contributed by atoms with van der Waals surface area (Å²) < 4.78 is 10.4. The Bertz CT molecular complexity index is 1570. The summed E-state index contributed by atoms with van der Waals surface area (Å²) >= 11 is 1.22. The van der Waals surface area contributed by atoms with Crippen LogP contribution in [-0.4, -0.2) is 59.1 Å². The van der Waals surface area contributed by atoms with Crippen molar-refractivity contribution in [2.45, 2.75) is 44.0 Å². The van der Waals surface area contributed by atoms with Gasteiger partial charge in [-0.1, -0.05) is 49.0 Å². The van der Waals surface area contributed by atoms with E-state index in [1.807, 2.05) is 55.5 Å². The van der Waals surface area contributed by atoms with Crippen LogP contribution in [0.25, 0.3) is 0 Å². The molecule has 0 saturated heterocycles. The van der Waals surface area contributed by atoms with E-state index in [2.05, 4.69) is 10.6 Å². The molecule has 2 aliphatic heterocycles. The van der Waals surface area contributed by atoms with E-state index in [-0.39, 0.29) is 30.6 Å². The van der Waals surface area contributed by atoms with Crippen LogP contribution >= 0.6 is 11.8 Å². The van der Waals surface area contributed by atoms with Gasteiger partial charge in [0, 0.05) is 30.3 Å². The van der Waals surface area contributed by atoms with Gasteiger partial charge in [0.25, 0.3) is 5.91 Å². The van der Waals surface area contributed by atoms with Gasteiger partial charge >= 0.3 is 0 Å². The smallest absolute Gasteiger partial charge is 0.259 e. The van der Waals surface area contributed by atoms with Gasteiger partial charge in [0.2, 0.25) is 11.8 Å². The number of ether oxygens (including phenoxy) is 2. The third-order valence-corrected chi connectivity index (χ3v) is 8.41. The average Bonchev–Trinajstić information content (AvgIpc) is 3.38. The number of anilines is 1. The standard InChI is InChI=1S/C32H33N5O5S/c1-4-27(30(39)34-21-8-7-9-23(18-21)42-3)43-32-36-25-11-6-5-10-24(25)29-35-26(31(40)37(29)32)16-17-28(38)33-19-20-12-14-22(41-2)15-13-20/h5-15,18,26-27H,4,16-17,19H2,1-3H3,(H,33,38)(H,34,39). The van der Waals surface area contributed by atoms with E-state index < -0.39 is 11.3 Å². The highest BCUT2D eigenvalue weighted by molar-refractivity contribution is 8.15. The van der Waals surface area contributed by atoms with Crippen molar-refractivity contribution in [2.24, 2.45) is 9.98 Å². The second kappa shape index (κ2) is 13.6. The van der Waals surface area contributed by atoms with Gasteiger partial charge < -0.3 is 20.1 Å². The quantitative estimate of drug-likeness (QED) is 0.323. The Kier molecular flexibility index (Phi) is 9.41. The SMILES string of the molecule is CCC(SC1=Nc2ccccc2C2=NC(CCC(=O)NCc3ccc(OC)cc3)C(=O)N12)C(=O)Nc1cccc(OC)c1. The fraction of sp³-hybridized carbons (Fsp3) is 0.281. The molecule has 0 aliphatic carbocycles. The molecular weight excluding hydrogens is 566 g/mol. The van der Waals surface area contributed by atoms with E-state index in [1.165, 1.54) is 16.7 Å². The van der Waals surface area contributed by atoms with E-state index in [1.54, 1.807) is 38.5 Å². The predicted octanol–water partition coefficient (Wildman–Crippen LogP) is 4.91. The number of carbonyl (C=O) groups excluding carboxylic acids is 3. The first-order valence-corrected chi connectivity index (χ1v) is 14.9. The second-order valence-corrected chi connectivity index (χ2v) is 11.1. The van der Waals surface area contributed by atoms with Crippen LogP contribution in [0, 0.1) is 0 Å². The lowest BCUT2D eigenvalue weighted by atomic mass is 10.1. The summed E-state index contributed by atoms with van der Waals surface area (Å²) in [6.45, 7) is 2.29. The lowest BCUT2D eigenvalue weighted by Gasteiger charge is -2.27. The molecule has 10 nitrogen and oxygen atoms in total. The van der Waals surface area contributed by atoms with Crippen LogP contribution in [0.4, 0.5) is 11.4 Å². The number of carbonyl (C=O) groups is 3. The molecule has 222 valence electrons. The lowest BCUT2D eigenvalue weighted by Crippen LogP contribution is -2.42. The first kappa shape index (κ1) is 29.8. The minimum Gasteiger partial charge on any atom is -0.497 e. The highest BCUT2D eigenvalue weighted by atomic mass is 32.2. The number of thioether (sulfide) groups is 1. The van der Waals surface area contributed by atoms with Crippen molar-refractivity contribution < 1.29 is 23.9 Å². The fourth-order valence-electron chi connectivity index (χ4n) is 4.74. The highest BCUT2D eigenvalue weighted by Crippen LogP contribution is 2.36. The zero-order valence-electron chi connectivity index (χ0n) is 24.2. The molecule has 5 rings (SSSR count). The van der Waals surface area contributed by atoms with Crippen molar-refractivity contribution >= 4 is 51.9 Å². The van der Waals surface area contributed by atoms with Gasteiger partial charge in [-0.05, 0) is 54.8 Å². The van der Waals surface area contributed by atoms with E-state index in [0.717, 1.165) is 16.9 Å². The molecule has 11 heteroatoms. The fourth-order valence-corrected chi connectivity index (χ4v) is 5.76. The van der Waals surface area contributed by atoms with Crippen LogP contribution in [0.3, 0.4) is 0 Å². The number of aliphatic imine (C=N–C) groups is 2. The van der Waals surface area contributed by atoms with Crippen molar-refractivity contribution in [3.05, 3.63) is 83.9 Å². The molecule has 3 amide bonds. The Morgan fingerprint density at radius 2 is 1.77 bits per heavy atom. The zero-order chi connectivity index (χ0) is 30.3. The number of rotatable bonds is 11. The molecule has 2 aliphatic rings. The van der Waals surface area contributed by atoms with Gasteiger partial charge in [0.05, 0.1) is 25.2 Å². The Hall–Kier alpha value is -4.64. The number of hydrogen-bond acceptors (Lipinski definition) is 8. The van der Waals surface area contributed by atoms with E-state index in [4.69, 9.17) is 19.5 Å². The third-order valence-electron chi connectivity index (χ3n) is 7.09. The summed E-state index contributed by atoms with van der Waals surface area (Å²) in [6, 6.07) is 21.3. The maximum Gasteiger partial charge on any atom is 0.259 e. The molecule has 0 spiro atoms. The molecular formula is C32H33N5O5S. The number of amidine groups is 2. The molecule has 3 aromatic rings. The molecule has 0 radical (unpaired) electrons. The summed E-state index contributed by atoms with van der Waals surface area (Å²) in [5, 5.41) is 5.71. The van der Waals surface area contributed by atoms with E-state index >= 15 is 0 Å². The number of para-hydroxylation sites is 1. The number of methoxy groups -OCH3 is 2. The van der Waals surface area contributed by atoms with Crippen molar-refractivity contribution in [1.29, 1.82) is 0 Å². The third kappa shape index (κ3) is 6.89. The summed E-state index contributed by atoms with van der Waals surface area (Å²) in [5.74, 6) is 1.23. The average molecular weight is 600 g/mol. The largest absolute Gasteiger partial charge is 0.497 e. The van der Waals surface area contributed by atoms with Crippen LogP contribution in [0.1, 0.15) is 37.3 Å². The molecule has 0 fully saturated rings. The molecule has 2 unspecified atom stereocenters. The van der Waals surface area contributed by atoms with Gasteiger partial charge in [-0.3, -0.25) is 19.4 Å². The number of nitrogens with one attached hydrogen (secondary N) is 2. The lowest BCUT2D eigenvalue weighted by molar-refractivity contribution is -0.125. The molecule has 2 N–H and O–H groups in total. The van der Waals surface area contributed by atoms with E-state index in [9.17, 15) is 14.4 Å². The van der Waals surface area contributed by atoms with Crippen LogP contribution in [0.15, 0.2) is 82.8 Å². The maximum atomic E-state index is 13.7. The molecule has 2 heterocycles. The first-order valence-electron chi connectivity index (χ1n) is 14.0. The summed E-state index contributed by atoms with van der Waals surface area (Å²) in [5.41, 5.74) is 2.97. The second-order valence-electron chi connectivity index (χ2n) is 9.95. The maximum absolute atomic E-state index is 13.7. The zero-order valence-corrected chi connectivity index (χ0v) is 25.0. The number of nitrogens with zero attached hydrogens (tertiary/aromatic N) is 3. The van der Waals surface area contributed by atoms with Crippen molar-refractivity contribution in [1.82, 2.24) is 10.2 Å². The van der Waals surface area contributed by atoms with Gasteiger partial charge in [-0.15, -0.1) is 0 Å². The highest BCUT2D eigenvalue weighted by Gasteiger charge is 2.42. The number of fused-ring (bicyclic) bond motifs is 3. The van der Waals surface area contributed by atoms with E-state index in [0.29, 0.717) is 41.1 Å². The molecule has 2 atom stereocenters. The van der Waals surface area contributed by atoms with Crippen molar-refractivity contribution in [3.8, 4) is 11.5 Å². The predicted molar refractivity (Wildman–Crippen MR) is 168 cm³/mol. The first-order chi connectivity index (χ1) is 20.9. The molecule has 43 heavy (non-hydrogen) atoms. The van der Waals surface area contributed by atoms with Crippen LogP contribution < -0.4 is 20.1 Å².